The molecule has 0 atom stereocenters. The Bertz CT molecular complexity index is 447. The largest absolute Gasteiger partial charge is 0.373 e. The summed E-state index contributed by atoms with van der Waals surface area (Å²) >= 11 is 0. The number of pyridine rings is 1. The van der Waals surface area contributed by atoms with Gasteiger partial charge in [0, 0.05) is 31.2 Å². The number of rotatable bonds is 3. The van der Waals surface area contributed by atoms with Gasteiger partial charge in [-0.05, 0) is 13.0 Å². The van der Waals surface area contributed by atoms with Crippen LogP contribution in [0.4, 0.5) is 5.82 Å². The van der Waals surface area contributed by atoms with Gasteiger partial charge in [0.15, 0.2) is 0 Å². The average Bonchev–Trinajstić information content (AvgIpc) is 2.65. The zero-order valence-corrected chi connectivity index (χ0v) is 8.94. The zero-order valence-electron chi connectivity index (χ0n) is 8.94. The van der Waals surface area contributed by atoms with Crippen molar-refractivity contribution in [1.82, 2.24) is 14.5 Å². The van der Waals surface area contributed by atoms with E-state index in [4.69, 9.17) is 0 Å². The lowest BCUT2D eigenvalue weighted by Gasteiger charge is -2.09. The number of nitrogens with one attached hydrogen (secondary N) is 1. The number of aromatic nitrogens is 3. The van der Waals surface area contributed by atoms with Gasteiger partial charge in [-0.2, -0.15) is 0 Å². The standard InChI is InChI=1S/C11H14N4/c1-9-13-6-7-15(9)8-10-4-3-5-14-11(10)12-2/h3-7H,8H2,1-2H3,(H,12,14). The highest BCUT2D eigenvalue weighted by Crippen LogP contribution is 2.12. The molecule has 0 aliphatic carbocycles. The van der Waals surface area contributed by atoms with Crippen LogP contribution >= 0.6 is 0 Å². The first-order valence-electron chi connectivity index (χ1n) is 4.90. The molecule has 2 aromatic heterocycles. The summed E-state index contributed by atoms with van der Waals surface area (Å²) in [6, 6.07) is 4.01. The quantitative estimate of drug-likeness (QED) is 0.823. The van der Waals surface area contributed by atoms with Crippen LogP contribution in [0.15, 0.2) is 30.7 Å². The highest BCUT2D eigenvalue weighted by molar-refractivity contribution is 5.43. The maximum atomic E-state index is 4.26. The van der Waals surface area contributed by atoms with E-state index >= 15 is 0 Å². The summed E-state index contributed by atoms with van der Waals surface area (Å²) in [5, 5.41) is 3.08. The van der Waals surface area contributed by atoms with Crippen LogP contribution in [-0.2, 0) is 6.54 Å². The molecule has 0 fully saturated rings. The predicted molar refractivity (Wildman–Crippen MR) is 59.8 cm³/mol. The third-order valence-electron chi connectivity index (χ3n) is 2.39. The molecule has 0 saturated heterocycles. The van der Waals surface area contributed by atoms with E-state index < -0.39 is 0 Å². The maximum absolute atomic E-state index is 4.26. The fraction of sp³-hybridized carbons (Fsp3) is 0.273. The smallest absolute Gasteiger partial charge is 0.130 e. The van der Waals surface area contributed by atoms with Crippen LogP contribution in [0.25, 0.3) is 0 Å². The van der Waals surface area contributed by atoms with Crippen LogP contribution in [0, 0.1) is 6.92 Å². The Morgan fingerprint density at radius 1 is 1.33 bits per heavy atom. The number of hydrogen-bond donors (Lipinski definition) is 1. The second kappa shape index (κ2) is 4.13. The van der Waals surface area contributed by atoms with E-state index in [0.29, 0.717) is 0 Å². The van der Waals surface area contributed by atoms with E-state index in [2.05, 4.69) is 25.9 Å². The molecule has 78 valence electrons. The van der Waals surface area contributed by atoms with Crippen molar-refractivity contribution in [1.29, 1.82) is 0 Å². The molecular formula is C11H14N4. The second-order valence-corrected chi connectivity index (χ2v) is 3.36. The Hall–Kier alpha value is -1.84. The van der Waals surface area contributed by atoms with Crippen molar-refractivity contribution in [2.75, 3.05) is 12.4 Å². The Morgan fingerprint density at radius 3 is 2.87 bits per heavy atom. The monoisotopic (exact) mass is 202 g/mol. The molecule has 4 nitrogen and oxygen atoms in total. The number of hydrogen-bond acceptors (Lipinski definition) is 3. The summed E-state index contributed by atoms with van der Waals surface area (Å²) in [6.07, 6.45) is 5.57. The van der Waals surface area contributed by atoms with Crippen LogP contribution in [0.5, 0.6) is 0 Å². The molecule has 0 spiro atoms. The van der Waals surface area contributed by atoms with E-state index in [9.17, 15) is 0 Å². The third kappa shape index (κ3) is 1.98. The van der Waals surface area contributed by atoms with E-state index in [1.165, 1.54) is 5.56 Å². The van der Waals surface area contributed by atoms with Gasteiger partial charge in [0.05, 0.1) is 6.54 Å². The first-order chi connectivity index (χ1) is 7.31. The SMILES string of the molecule is CNc1ncccc1Cn1ccnc1C. The molecule has 0 amide bonds. The molecule has 0 aromatic carbocycles. The maximum Gasteiger partial charge on any atom is 0.130 e. The molecule has 2 aromatic rings. The van der Waals surface area contributed by atoms with Crippen molar-refractivity contribution in [3.8, 4) is 0 Å². The lowest BCUT2D eigenvalue weighted by Crippen LogP contribution is -2.05. The summed E-state index contributed by atoms with van der Waals surface area (Å²) in [5.41, 5.74) is 1.17. The predicted octanol–water partition coefficient (Wildman–Crippen LogP) is 1.68. The molecule has 0 radical (unpaired) electrons. The van der Waals surface area contributed by atoms with Crippen molar-refractivity contribution in [2.45, 2.75) is 13.5 Å². The Labute approximate surface area is 89.0 Å². The van der Waals surface area contributed by atoms with Gasteiger partial charge in [-0.15, -0.1) is 0 Å². The summed E-state index contributed by atoms with van der Waals surface area (Å²) < 4.78 is 2.10. The molecule has 1 N–H and O–H groups in total. The normalized spacial score (nSPS) is 10.3. The molecule has 0 saturated carbocycles. The minimum Gasteiger partial charge on any atom is -0.373 e. The van der Waals surface area contributed by atoms with Crippen LogP contribution in [0.1, 0.15) is 11.4 Å². The first-order valence-corrected chi connectivity index (χ1v) is 4.90. The number of nitrogens with zero attached hydrogens (tertiary/aromatic N) is 3. The van der Waals surface area contributed by atoms with Gasteiger partial charge in [-0.25, -0.2) is 9.97 Å². The van der Waals surface area contributed by atoms with E-state index in [0.717, 1.165) is 18.2 Å². The van der Waals surface area contributed by atoms with Gasteiger partial charge in [-0.1, -0.05) is 6.07 Å². The van der Waals surface area contributed by atoms with E-state index in [-0.39, 0.29) is 0 Å². The van der Waals surface area contributed by atoms with Gasteiger partial charge in [0.25, 0.3) is 0 Å². The zero-order chi connectivity index (χ0) is 10.7. The fourth-order valence-corrected chi connectivity index (χ4v) is 1.55. The second-order valence-electron chi connectivity index (χ2n) is 3.36. The Kier molecular flexibility index (Phi) is 2.67. The van der Waals surface area contributed by atoms with Crippen LogP contribution in [0.2, 0.25) is 0 Å². The summed E-state index contributed by atoms with van der Waals surface area (Å²) in [5.74, 6) is 1.94. The van der Waals surface area contributed by atoms with E-state index in [1.54, 1.807) is 6.20 Å². The third-order valence-corrected chi connectivity index (χ3v) is 2.39. The van der Waals surface area contributed by atoms with Crippen LogP contribution < -0.4 is 5.32 Å². The van der Waals surface area contributed by atoms with Gasteiger partial charge in [-0.3, -0.25) is 0 Å². The van der Waals surface area contributed by atoms with Gasteiger partial charge >= 0.3 is 0 Å². The minimum absolute atomic E-state index is 0.801. The minimum atomic E-state index is 0.801. The molecule has 0 unspecified atom stereocenters. The fourth-order valence-electron chi connectivity index (χ4n) is 1.55. The molecule has 0 aliphatic rings. The summed E-state index contributed by atoms with van der Waals surface area (Å²) in [7, 11) is 1.88. The molecule has 15 heavy (non-hydrogen) atoms. The lowest BCUT2D eigenvalue weighted by molar-refractivity contribution is 0.760. The van der Waals surface area contributed by atoms with Crippen LogP contribution in [-0.4, -0.2) is 21.6 Å². The van der Waals surface area contributed by atoms with E-state index in [1.807, 2.05) is 32.4 Å². The number of anilines is 1. The van der Waals surface area contributed by atoms with Gasteiger partial charge in [0.1, 0.15) is 11.6 Å². The first kappa shape index (κ1) is 9.71. The van der Waals surface area contributed by atoms with Crippen molar-refractivity contribution >= 4 is 5.82 Å². The molecule has 4 heteroatoms. The molecule has 2 heterocycles. The van der Waals surface area contributed by atoms with Crippen molar-refractivity contribution in [2.24, 2.45) is 0 Å². The van der Waals surface area contributed by atoms with Crippen LogP contribution in [0.3, 0.4) is 0 Å². The number of aryl methyl sites for hydroxylation is 1. The number of imidazole rings is 1. The molecule has 0 aliphatic heterocycles. The summed E-state index contributed by atoms with van der Waals surface area (Å²) in [4.78, 5) is 8.45. The Morgan fingerprint density at radius 2 is 2.20 bits per heavy atom. The highest BCUT2D eigenvalue weighted by atomic mass is 15.1. The molecule has 0 bridgehead atoms. The highest BCUT2D eigenvalue weighted by Gasteiger charge is 2.03. The average molecular weight is 202 g/mol. The van der Waals surface area contributed by atoms with Gasteiger partial charge < -0.3 is 9.88 Å². The topological polar surface area (TPSA) is 42.7 Å². The Balaban J connectivity index is 2.28. The van der Waals surface area contributed by atoms with Crippen molar-refractivity contribution < 1.29 is 0 Å². The van der Waals surface area contributed by atoms with Gasteiger partial charge in [0.2, 0.25) is 0 Å². The molecule has 2 rings (SSSR count). The molecular weight excluding hydrogens is 188 g/mol. The van der Waals surface area contributed by atoms with Crippen molar-refractivity contribution in [3.05, 3.63) is 42.1 Å². The lowest BCUT2D eigenvalue weighted by atomic mass is 10.2. The van der Waals surface area contributed by atoms with Crippen molar-refractivity contribution in [3.63, 3.8) is 0 Å². The summed E-state index contributed by atoms with van der Waals surface area (Å²) in [6.45, 7) is 2.80.